The minimum atomic E-state index is 0.0614. The molecule has 1 aromatic heterocycles. The molecule has 1 aliphatic heterocycles. The van der Waals surface area contributed by atoms with Crippen LogP contribution in [0.5, 0.6) is 0 Å². The molecule has 0 spiro atoms. The average molecular weight is 423 g/mol. The summed E-state index contributed by atoms with van der Waals surface area (Å²) in [4.78, 5) is 19.4. The zero-order valence-corrected chi connectivity index (χ0v) is 17.7. The largest absolute Gasteiger partial charge is 0.383 e. The van der Waals surface area contributed by atoms with E-state index in [4.69, 9.17) is 11.6 Å². The number of hydrogen-bond acceptors (Lipinski definition) is 4. The van der Waals surface area contributed by atoms with Crippen molar-refractivity contribution in [3.8, 4) is 0 Å². The van der Waals surface area contributed by atoms with E-state index in [1.54, 1.807) is 6.20 Å². The molecule has 1 saturated heterocycles. The van der Waals surface area contributed by atoms with Crippen LogP contribution in [0.15, 0.2) is 60.8 Å². The number of piperidine rings is 1. The lowest BCUT2D eigenvalue weighted by atomic mass is 9.96. The Morgan fingerprint density at radius 1 is 1.13 bits per heavy atom. The van der Waals surface area contributed by atoms with Gasteiger partial charge in [0.2, 0.25) is 5.91 Å². The molecule has 0 aliphatic carbocycles. The Balaban J connectivity index is 1.25. The maximum atomic E-state index is 12.7. The normalized spacial score (nSPS) is 17.0. The maximum Gasteiger partial charge on any atom is 0.224 e. The fraction of sp³-hybridized carbons (Fsp3) is 0.333. The van der Waals surface area contributed by atoms with Crippen LogP contribution in [0.4, 0.5) is 5.69 Å². The quantitative estimate of drug-likeness (QED) is 0.556. The number of benzene rings is 2. The molecule has 2 aromatic carbocycles. The lowest BCUT2D eigenvalue weighted by Crippen LogP contribution is -2.43. The van der Waals surface area contributed by atoms with Crippen LogP contribution in [0.1, 0.15) is 18.4 Å². The number of hydrogen-bond donors (Lipinski definition) is 2. The van der Waals surface area contributed by atoms with Gasteiger partial charge in [-0.25, -0.2) is 0 Å². The highest BCUT2D eigenvalue weighted by Gasteiger charge is 2.25. The number of anilines is 1. The minimum absolute atomic E-state index is 0.0614. The summed E-state index contributed by atoms with van der Waals surface area (Å²) in [6.45, 7) is 4.04. The van der Waals surface area contributed by atoms with Gasteiger partial charge in [0.25, 0.3) is 0 Å². The molecule has 5 nitrogen and oxygen atoms in total. The number of carbonyl (C=O) groups is 1. The van der Waals surface area contributed by atoms with Gasteiger partial charge in [-0.05, 0) is 49.2 Å². The summed E-state index contributed by atoms with van der Waals surface area (Å²) in [6, 6.07) is 18.1. The van der Waals surface area contributed by atoms with Gasteiger partial charge in [0, 0.05) is 48.5 Å². The predicted molar refractivity (Wildman–Crippen MR) is 123 cm³/mol. The Kier molecular flexibility index (Phi) is 6.82. The van der Waals surface area contributed by atoms with Gasteiger partial charge >= 0.3 is 0 Å². The second-order valence-corrected chi connectivity index (χ2v) is 8.23. The predicted octanol–water partition coefficient (Wildman–Crippen LogP) is 4.33. The van der Waals surface area contributed by atoms with Gasteiger partial charge in [0.05, 0.1) is 11.4 Å². The van der Waals surface area contributed by atoms with Crippen LogP contribution in [0.25, 0.3) is 10.9 Å². The number of likely N-dealkylation sites (tertiary alicyclic amines) is 1. The van der Waals surface area contributed by atoms with Crippen molar-refractivity contribution in [3.63, 3.8) is 0 Å². The molecule has 1 aliphatic rings. The first-order valence-corrected chi connectivity index (χ1v) is 10.9. The van der Waals surface area contributed by atoms with Crippen LogP contribution in [-0.4, -0.2) is 42.0 Å². The third kappa shape index (κ3) is 5.29. The number of rotatable bonds is 7. The molecule has 1 amide bonds. The molecule has 0 saturated carbocycles. The molecule has 4 rings (SSSR count). The minimum Gasteiger partial charge on any atom is -0.383 e. The molecule has 0 bridgehead atoms. The third-order valence-electron chi connectivity index (χ3n) is 5.57. The van der Waals surface area contributed by atoms with Crippen molar-refractivity contribution >= 4 is 34.1 Å². The number of nitrogens with one attached hydrogen (secondary N) is 2. The average Bonchev–Trinajstić information content (AvgIpc) is 2.77. The summed E-state index contributed by atoms with van der Waals surface area (Å²) < 4.78 is 0. The Labute approximate surface area is 182 Å². The Morgan fingerprint density at radius 2 is 2.00 bits per heavy atom. The van der Waals surface area contributed by atoms with Crippen molar-refractivity contribution < 1.29 is 4.79 Å². The number of amides is 1. The molecule has 2 N–H and O–H groups in total. The molecule has 1 fully saturated rings. The highest BCUT2D eigenvalue weighted by atomic mass is 35.5. The Hall–Kier alpha value is -2.63. The molecule has 3 aromatic rings. The summed E-state index contributed by atoms with van der Waals surface area (Å²) in [5.41, 5.74) is 3.16. The number of halogens is 1. The fourth-order valence-electron chi connectivity index (χ4n) is 4.06. The molecule has 30 heavy (non-hydrogen) atoms. The number of nitrogens with zero attached hydrogens (tertiary/aromatic N) is 2. The van der Waals surface area contributed by atoms with Crippen molar-refractivity contribution in [3.05, 3.63) is 71.4 Å². The monoisotopic (exact) mass is 422 g/mol. The summed E-state index contributed by atoms with van der Waals surface area (Å²) >= 11 is 6.05. The van der Waals surface area contributed by atoms with Crippen molar-refractivity contribution in [1.82, 2.24) is 15.2 Å². The van der Waals surface area contributed by atoms with Crippen LogP contribution in [0.2, 0.25) is 5.02 Å². The molecule has 1 atom stereocenters. The van der Waals surface area contributed by atoms with E-state index >= 15 is 0 Å². The van der Waals surface area contributed by atoms with E-state index < -0.39 is 0 Å². The van der Waals surface area contributed by atoms with Crippen molar-refractivity contribution in [1.29, 1.82) is 0 Å². The van der Waals surface area contributed by atoms with Crippen LogP contribution in [0.3, 0.4) is 0 Å². The first-order chi connectivity index (χ1) is 14.7. The van der Waals surface area contributed by atoms with Gasteiger partial charge in [0.1, 0.15) is 0 Å². The molecule has 2 heterocycles. The van der Waals surface area contributed by atoms with Crippen molar-refractivity contribution in [2.45, 2.75) is 19.4 Å². The van der Waals surface area contributed by atoms with E-state index in [0.29, 0.717) is 18.1 Å². The van der Waals surface area contributed by atoms with Crippen LogP contribution in [-0.2, 0) is 11.3 Å². The van der Waals surface area contributed by atoms with E-state index in [2.05, 4.69) is 44.8 Å². The molecule has 156 valence electrons. The Morgan fingerprint density at radius 3 is 2.87 bits per heavy atom. The van der Waals surface area contributed by atoms with E-state index in [1.165, 1.54) is 5.56 Å². The van der Waals surface area contributed by atoms with E-state index in [9.17, 15) is 4.79 Å². The van der Waals surface area contributed by atoms with Gasteiger partial charge in [0.15, 0.2) is 0 Å². The van der Waals surface area contributed by atoms with E-state index in [0.717, 1.165) is 49.1 Å². The fourth-order valence-corrected chi connectivity index (χ4v) is 4.22. The Bertz CT molecular complexity index is 995. The topological polar surface area (TPSA) is 57.3 Å². The maximum absolute atomic E-state index is 12.7. The lowest BCUT2D eigenvalue weighted by molar-refractivity contribution is -0.126. The highest BCUT2D eigenvalue weighted by Crippen LogP contribution is 2.24. The molecule has 6 heteroatoms. The summed E-state index contributed by atoms with van der Waals surface area (Å²) in [7, 11) is 0. The van der Waals surface area contributed by atoms with Gasteiger partial charge in [-0.2, -0.15) is 0 Å². The van der Waals surface area contributed by atoms with Crippen LogP contribution in [0, 0.1) is 5.92 Å². The molecular formula is C24H27ClN4O. The van der Waals surface area contributed by atoms with E-state index in [-0.39, 0.29) is 11.8 Å². The smallest absolute Gasteiger partial charge is 0.224 e. The zero-order valence-electron chi connectivity index (χ0n) is 17.0. The summed E-state index contributed by atoms with van der Waals surface area (Å²) in [5, 5.41) is 8.20. The van der Waals surface area contributed by atoms with Crippen molar-refractivity contribution in [2.75, 3.05) is 31.5 Å². The van der Waals surface area contributed by atoms with E-state index in [1.807, 2.05) is 30.3 Å². The molecule has 0 radical (unpaired) electrons. The second kappa shape index (κ2) is 9.92. The van der Waals surface area contributed by atoms with Crippen LogP contribution < -0.4 is 10.6 Å². The summed E-state index contributed by atoms with van der Waals surface area (Å²) in [6.07, 6.45) is 3.79. The first kappa shape index (κ1) is 20.6. The number of aromatic nitrogens is 1. The van der Waals surface area contributed by atoms with Crippen LogP contribution >= 0.6 is 11.6 Å². The lowest BCUT2D eigenvalue weighted by Gasteiger charge is -2.32. The first-order valence-electron chi connectivity index (χ1n) is 10.5. The number of fused-ring (bicyclic) bond motifs is 1. The van der Waals surface area contributed by atoms with Gasteiger partial charge < -0.3 is 10.6 Å². The third-order valence-corrected chi connectivity index (χ3v) is 5.80. The number of pyridine rings is 1. The molecule has 0 unspecified atom stereocenters. The SMILES string of the molecule is O=C(NCCNc1ccnc2cc(Cl)ccc12)[C@@H]1CCCN(Cc2ccccc2)C1. The zero-order chi connectivity index (χ0) is 20.8. The second-order valence-electron chi connectivity index (χ2n) is 7.80. The number of carbonyl (C=O) groups excluding carboxylic acids is 1. The van der Waals surface area contributed by atoms with Crippen molar-refractivity contribution in [2.24, 2.45) is 5.92 Å². The van der Waals surface area contributed by atoms with Gasteiger partial charge in [-0.15, -0.1) is 0 Å². The standard InChI is InChI=1S/C24H27ClN4O/c25-20-8-9-21-22(10-11-26-23(21)15-20)27-12-13-28-24(30)19-7-4-14-29(17-19)16-18-5-2-1-3-6-18/h1-3,5-6,8-11,15,19H,4,7,12-14,16-17H2,(H,26,27)(H,28,30)/t19-/m1/s1. The highest BCUT2D eigenvalue weighted by molar-refractivity contribution is 6.31. The summed E-state index contributed by atoms with van der Waals surface area (Å²) in [5.74, 6) is 0.215. The van der Waals surface area contributed by atoms with Gasteiger partial charge in [-0.3, -0.25) is 14.7 Å². The van der Waals surface area contributed by atoms with Gasteiger partial charge in [-0.1, -0.05) is 41.9 Å². The molecular weight excluding hydrogens is 396 g/mol.